The number of Topliss-reactive ketones (excluding diaryl/α,β-unsaturated/α-hetero) is 1. The van der Waals surface area contributed by atoms with E-state index in [-0.39, 0.29) is 36.0 Å². The summed E-state index contributed by atoms with van der Waals surface area (Å²) in [5.74, 6) is 1.31. The second-order valence-corrected chi connectivity index (χ2v) is 8.77. The van der Waals surface area contributed by atoms with Crippen LogP contribution in [0.25, 0.3) is 6.08 Å². The minimum atomic E-state index is -0.227. The summed E-state index contributed by atoms with van der Waals surface area (Å²) in [5, 5.41) is 10.8. The first-order valence-corrected chi connectivity index (χ1v) is 11.5. The van der Waals surface area contributed by atoms with Crippen LogP contribution in [0.15, 0.2) is 30.0 Å². The summed E-state index contributed by atoms with van der Waals surface area (Å²) in [4.78, 5) is 27.6. The lowest BCUT2D eigenvalue weighted by atomic mass is 9.96. The SMILES string of the molecule is CCOC(=O)C1CCCN(Cc2c(O)cc(C)c3c2O/C(=C\c2ccc4c(c2)OCO4)C3=O)C1. The second-order valence-electron chi connectivity index (χ2n) is 8.77. The highest BCUT2D eigenvalue weighted by atomic mass is 16.7. The van der Waals surface area contributed by atoms with Gasteiger partial charge in [0.05, 0.1) is 23.7 Å². The van der Waals surface area contributed by atoms with E-state index < -0.39 is 0 Å². The number of aryl methyl sites for hydroxylation is 1. The fourth-order valence-electron chi connectivity index (χ4n) is 4.76. The van der Waals surface area contributed by atoms with Crippen LogP contribution in [0.5, 0.6) is 23.0 Å². The van der Waals surface area contributed by atoms with E-state index in [4.69, 9.17) is 18.9 Å². The van der Waals surface area contributed by atoms with E-state index in [1.807, 2.05) is 6.07 Å². The molecule has 0 bridgehead atoms. The van der Waals surface area contributed by atoms with Crippen molar-refractivity contribution in [3.8, 4) is 23.0 Å². The average molecular weight is 466 g/mol. The highest BCUT2D eigenvalue weighted by molar-refractivity contribution is 6.15. The van der Waals surface area contributed by atoms with Crippen molar-refractivity contribution < 1.29 is 33.6 Å². The lowest BCUT2D eigenvalue weighted by Gasteiger charge is -2.31. The molecule has 2 aromatic carbocycles. The van der Waals surface area contributed by atoms with Crippen molar-refractivity contribution in [2.45, 2.75) is 33.2 Å². The molecule has 0 amide bonds. The van der Waals surface area contributed by atoms with Gasteiger partial charge in [-0.05, 0) is 68.6 Å². The molecule has 1 unspecified atom stereocenters. The van der Waals surface area contributed by atoms with Crippen molar-refractivity contribution in [3.63, 3.8) is 0 Å². The predicted molar refractivity (Wildman–Crippen MR) is 123 cm³/mol. The maximum Gasteiger partial charge on any atom is 0.310 e. The Labute approximate surface area is 197 Å². The van der Waals surface area contributed by atoms with Crippen molar-refractivity contribution in [1.29, 1.82) is 0 Å². The number of fused-ring (bicyclic) bond motifs is 2. The van der Waals surface area contributed by atoms with Crippen LogP contribution < -0.4 is 14.2 Å². The lowest BCUT2D eigenvalue weighted by molar-refractivity contribution is -0.150. The Kier molecular flexibility index (Phi) is 5.91. The molecule has 178 valence electrons. The number of benzene rings is 2. The summed E-state index contributed by atoms with van der Waals surface area (Å²) < 4.78 is 22.0. The van der Waals surface area contributed by atoms with E-state index in [2.05, 4.69) is 4.90 Å². The van der Waals surface area contributed by atoms with Crippen molar-refractivity contribution in [3.05, 3.63) is 52.3 Å². The number of ether oxygens (including phenoxy) is 4. The summed E-state index contributed by atoms with van der Waals surface area (Å²) in [6.45, 7) is 5.80. The Balaban J connectivity index is 1.41. The number of aromatic hydroxyl groups is 1. The monoisotopic (exact) mass is 465 g/mol. The van der Waals surface area contributed by atoms with Crippen LogP contribution in [0.2, 0.25) is 0 Å². The van der Waals surface area contributed by atoms with Crippen molar-refractivity contribution in [2.75, 3.05) is 26.5 Å². The van der Waals surface area contributed by atoms with Crippen LogP contribution in [-0.4, -0.2) is 48.2 Å². The van der Waals surface area contributed by atoms with E-state index in [1.54, 1.807) is 38.1 Å². The molecule has 5 rings (SSSR count). The maximum absolute atomic E-state index is 13.2. The van der Waals surface area contributed by atoms with Crippen LogP contribution in [0.4, 0.5) is 0 Å². The van der Waals surface area contributed by atoms with Gasteiger partial charge >= 0.3 is 5.97 Å². The molecule has 8 nitrogen and oxygen atoms in total. The highest BCUT2D eigenvalue weighted by Crippen LogP contribution is 2.43. The van der Waals surface area contributed by atoms with Crippen molar-refractivity contribution >= 4 is 17.8 Å². The largest absolute Gasteiger partial charge is 0.507 e. The van der Waals surface area contributed by atoms with Gasteiger partial charge in [-0.1, -0.05) is 6.07 Å². The molecular formula is C26H27NO7. The minimum absolute atomic E-state index is 0.0756. The smallest absolute Gasteiger partial charge is 0.310 e. The first-order chi connectivity index (χ1) is 16.4. The lowest BCUT2D eigenvalue weighted by Crippen LogP contribution is -2.39. The van der Waals surface area contributed by atoms with Crippen molar-refractivity contribution in [1.82, 2.24) is 4.90 Å². The number of carbonyl (C=O) groups is 2. The topological polar surface area (TPSA) is 94.5 Å². The first kappa shape index (κ1) is 22.3. The molecule has 3 aliphatic rings. The number of allylic oxidation sites excluding steroid dienone is 1. The third kappa shape index (κ3) is 4.09. The summed E-state index contributed by atoms with van der Waals surface area (Å²) >= 11 is 0. The molecule has 3 heterocycles. The van der Waals surface area contributed by atoms with Crippen LogP contribution in [0.1, 0.15) is 46.8 Å². The van der Waals surface area contributed by atoms with Gasteiger partial charge in [0.2, 0.25) is 12.6 Å². The number of piperidine rings is 1. The standard InChI is InChI=1S/C26H27NO7/c1-3-31-26(30)17-5-4-8-27(12-17)13-18-19(28)9-15(2)23-24(29)22(34-25(18)23)11-16-6-7-20-21(10-16)33-14-32-20/h6-7,9-11,17,28H,3-5,8,12-14H2,1-2H3/b22-11-. The number of phenolic OH excluding ortho intramolecular Hbond substituents is 1. The van der Waals surface area contributed by atoms with Gasteiger partial charge < -0.3 is 24.1 Å². The molecule has 0 spiro atoms. The zero-order chi connectivity index (χ0) is 23.8. The number of ketones is 1. The normalized spacial score (nSPS) is 20.4. The Morgan fingerprint density at radius 2 is 2.09 bits per heavy atom. The number of nitrogens with zero attached hydrogens (tertiary/aromatic N) is 1. The molecular weight excluding hydrogens is 438 g/mol. The number of esters is 1. The van der Waals surface area contributed by atoms with Gasteiger partial charge in [0.25, 0.3) is 0 Å². The first-order valence-electron chi connectivity index (χ1n) is 11.5. The zero-order valence-corrected chi connectivity index (χ0v) is 19.3. The number of rotatable bonds is 5. The van der Waals surface area contributed by atoms with Crippen molar-refractivity contribution in [2.24, 2.45) is 5.92 Å². The molecule has 0 aliphatic carbocycles. The number of phenols is 1. The molecule has 1 saturated heterocycles. The van der Waals surface area contributed by atoms with Gasteiger partial charge in [-0.15, -0.1) is 0 Å². The third-order valence-corrected chi connectivity index (χ3v) is 6.42. The summed E-state index contributed by atoms with van der Waals surface area (Å²) in [6, 6.07) is 7.02. The quantitative estimate of drug-likeness (QED) is 0.526. The van der Waals surface area contributed by atoms with Gasteiger partial charge in [0.1, 0.15) is 11.5 Å². The average Bonchev–Trinajstić information content (AvgIpc) is 3.41. The molecule has 0 aromatic heterocycles. The van der Waals surface area contributed by atoms with E-state index in [0.717, 1.165) is 24.9 Å². The Morgan fingerprint density at radius 3 is 2.91 bits per heavy atom. The number of hydrogen-bond acceptors (Lipinski definition) is 8. The predicted octanol–water partition coefficient (Wildman–Crippen LogP) is 3.82. The fourth-order valence-corrected chi connectivity index (χ4v) is 4.76. The van der Waals surface area contributed by atoms with Crippen LogP contribution >= 0.6 is 0 Å². The Hall–Kier alpha value is -3.52. The van der Waals surface area contributed by atoms with Crippen LogP contribution in [0.3, 0.4) is 0 Å². The van der Waals surface area contributed by atoms with Crippen LogP contribution in [-0.2, 0) is 16.1 Å². The second kappa shape index (κ2) is 9.02. The number of carbonyl (C=O) groups excluding carboxylic acids is 2. The summed E-state index contributed by atoms with van der Waals surface area (Å²) in [7, 11) is 0. The molecule has 1 N–H and O–H groups in total. The van der Waals surface area contributed by atoms with Gasteiger partial charge in [-0.25, -0.2) is 0 Å². The minimum Gasteiger partial charge on any atom is -0.507 e. The number of hydrogen-bond donors (Lipinski definition) is 1. The Morgan fingerprint density at radius 1 is 1.26 bits per heavy atom. The highest BCUT2D eigenvalue weighted by Gasteiger charge is 2.35. The van der Waals surface area contributed by atoms with E-state index in [1.165, 1.54) is 0 Å². The molecule has 0 radical (unpaired) electrons. The van der Waals surface area contributed by atoms with E-state index in [0.29, 0.717) is 53.6 Å². The molecule has 34 heavy (non-hydrogen) atoms. The van der Waals surface area contributed by atoms with Crippen LogP contribution in [0, 0.1) is 12.8 Å². The van der Waals surface area contributed by atoms with Gasteiger partial charge in [0.15, 0.2) is 17.3 Å². The molecule has 3 aliphatic heterocycles. The maximum atomic E-state index is 13.2. The molecule has 1 fully saturated rings. The summed E-state index contributed by atoms with van der Waals surface area (Å²) in [5.41, 5.74) is 2.40. The molecule has 8 heteroatoms. The van der Waals surface area contributed by atoms with E-state index >= 15 is 0 Å². The summed E-state index contributed by atoms with van der Waals surface area (Å²) in [6.07, 6.45) is 3.31. The van der Waals surface area contributed by atoms with Gasteiger partial charge in [-0.3, -0.25) is 14.5 Å². The van der Waals surface area contributed by atoms with E-state index in [9.17, 15) is 14.7 Å². The molecule has 1 atom stereocenters. The zero-order valence-electron chi connectivity index (χ0n) is 19.3. The molecule has 2 aromatic rings. The Bertz CT molecular complexity index is 1190. The van der Waals surface area contributed by atoms with Gasteiger partial charge in [0, 0.05) is 13.1 Å². The third-order valence-electron chi connectivity index (χ3n) is 6.42. The number of likely N-dealkylation sites (tertiary alicyclic amines) is 1. The fraction of sp³-hybridized carbons (Fsp3) is 0.385. The molecule has 0 saturated carbocycles. The van der Waals surface area contributed by atoms with Gasteiger partial charge in [-0.2, -0.15) is 0 Å².